The van der Waals surface area contributed by atoms with Gasteiger partial charge in [0.15, 0.2) is 0 Å². The van der Waals surface area contributed by atoms with Crippen molar-refractivity contribution < 1.29 is 9.18 Å². The Morgan fingerprint density at radius 2 is 1.87 bits per heavy atom. The second-order valence-corrected chi connectivity index (χ2v) is 4.97. The largest absolute Gasteiger partial charge is 0.372 e. The molecule has 2 rings (SSSR count). The molecule has 23 heavy (non-hydrogen) atoms. The zero-order valence-corrected chi connectivity index (χ0v) is 13.3. The fourth-order valence-electron chi connectivity index (χ4n) is 2.22. The Morgan fingerprint density at radius 3 is 2.48 bits per heavy atom. The number of carbonyl (C=O) groups excluding carboxylic acids is 1. The molecule has 0 bridgehead atoms. The molecule has 0 aliphatic rings. The molecule has 0 radical (unpaired) electrons. The van der Waals surface area contributed by atoms with E-state index in [-0.39, 0.29) is 5.56 Å². The summed E-state index contributed by atoms with van der Waals surface area (Å²) >= 11 is 0. The summed E-state index contributed by atoms with van der Waals surface area (Å²) in [5, 5.41) is 3.90. The van der Waals surface area contributed by atoms with Gasteiger partial charge in [0.05, 0.1) is 6.21 Å². The highest BCUT2D eigenvalue weighted by Gasteiger charge is 2.04. The van der Waals surface area contributed by atoms with Crippen molar-refractivity contribution in [2.75, 3.05) is 18.0 Å². The maximum Gasteiger partial charge on any atom is 0.271 e. The van der Waals surface area contributed by atoms with Crippen LogP contribution in [0.4, 0.5) is 10.1 Å². The molecule has 120 valence electrons. The molecule has 1 N–H and O–H groups in total. The third kappa shape index (κ3) is 4.64. The number of hydrogen-bond acceptors (Lipinski definition) is 3. The van der Waals surface area contributed by atoms with Crippen LogP contribution in [-0.2, 0) is 0 Å². The van der Waals surface area contributed by atoms with Crippen molar-refractivity contribution >= 4 is 17.8 Å². The lowest BCUT2D eigenvalue weighted by Gasteiger charge is -2.20. The Hall–Kier alpha value is -2.69. The molecule has 2 aromatic rings. The molecule has 0 saturated heterocycles. The molecule has 5 heteroatoms. The van der Waals surface area contributed by atoms with E-state index >= 15 is 0 Å². The SMILES string of the molecule is CCN(CC)c1ccc(C=NNC(=O)c2cccc(F)c2)cc1. The van der Waals surface area contributed by atoms with Gasteiger partial charge in [0, 0.05) is 24.3 Å². The quantitative estimate of drug-likeness (QED) is 0.656. The summed E-state index contributed by atoms with van der Waals surface area (Å²) in [5.74, 6) is -0.894. The van der Waals surface area contributed by atoms with Crippen LogP contribution in [0, 0.1) is 5.82 Å². The lowest BCUT2D eigenvalue weighted by atomic mass is 10.2. The van der Waals surface area contributed by atoms with Gasteiger partial charge in [-0.25, -0.2) is 9.82 Å². The molecular formula is C18H20FN3O. The minimum absolute atomic E-state index is 0.235. The van der Waals surface area contributed by atoms with Crippen LogP contribution in [-0.4, -0.2) is 25.2 Å². The minimum Gasteiger partial charge on any atom is -0.372 e. The summed E-state index contributed by atoms with van der Waals surface area (Å²) in [6, 6.07) is 13.4. The van der Waals surface area contributed by atoms with E-state index in [2.05, 4.69) is 29.3 Å². The number of benzene rings is 2. The molecule has 2 aromatic carbocycles. The number of nitrogens with zero attached hydrogens (tertiary/aromatic N) is 2. The van der Waals surface area contributed by atoms with E-state index in [4.69, 9.17) is 0 Å². The maximum atomic E-state index is 13.1. The first-order valence-electron chi connectivity index (χ1n) is 7.58. The summed E-state index contributed by atoms with van der Waals surface area (Å²) in [5.41, 5.74) is 4.65. The molecule has 0 atom stereocenters. The number of anilines is 1. The molecular weight excluding hydrogens is 293 g/mol. The van der Waals surface area contributed by atoms with Crippen molar-refractivity contribution in [2.24, 2.45) is 5.10 Å². The molecule has 0 aliphatic heterocycles. The number of carbonyl (C=O) groups is 1. The van der Waals surface area contributed by atoms with Gasteiger partial charge in [-0.3, -0.25) is 4.79 Å². The van der Waals surface area contributed by atoms with E-state index in [0.29, 0.717) is 0 Å². The predicted molar refractivity (Wildman–Crippen MR) is 91.5 cm³/mol. The maximum absolute atomic E-state index is 13.1. The van der Waals surface area contributed by atoms with E-state index in [1.165, 1.54) is 24.3 Å². The van der Waals surface area contributed by atoms with Gasteiger partial charge in [0.25, 0.3) is 5.91 Å². The van der Waals surface area contributed by atoms with Crippen LogP contribution in [0.25, 0.3) is 0 Å². The molecule has 0 fully saturated rings. The molecule has 0 heterocycles. The lowest BCUT2D eigenvalue weighted by Crippen LogP contribution is -2.21. The van der Waals surface area contributed by atoms with Gasteiger partial charge in [-0.2, -0.15) is 5.10 Å². The zero-order chi connectivity index (χ0) is 16.7. The first-order valence-corrected chi connectivity index (χ1v) is 7.58. The highest BCUT2D eigenvalue weighted by Crippen LogP contribution is 2.14. The standard InChI is InChI=1S/C18H20FN3O/c1-3-22(4-2)17-10-8-14(9-11-17)13-20-21-18(23)15-6-5-7-16(19)12-15/h5-13H,3-4H2,1-2H3,(H,21,23). The third-order valence-electron chi connectivity index (χ3n) is 3.49. The fraction of sp³-hybridized carbons (Fsp3) is 0.222. The Bertz CT molecular complexity index is 679. The Labute approximate surface area is 135 Å². The van der Waals surface area contributed by atoms with Gasteiger partial charge in [-0.05, 0) is 49.7 Å². The molecule has 0 unspecified atom stereocenters. The Balaban J connectivity index is 1.96. The number of halogens is 1. The van der Waals surface area contributed by atoms with Crippen molar-refractivity contribution in [3.63, 3.8) is 0 Å². The molecule has 0 spiro atoms. The second-order valence-electron chi connectivity index (χ2n) is 4.97. The van der Waals surface area contributed by atoms with Crippen LogP contribution in [0.1, 0.15) is 29.8 Å². The normalized spacial score (nSPS) is 10.7. The summed E-state index contributed by atoms with van der Waals surface area (Å²) in [6.45, 7) is 6.13. The van der Waals surface area contributed by atoms with Crippen LogP contribution in [0.5, 0.6) is 0 Å². The first-order chi connectivity index (χ1) is 11.1. The van der Waals surface area contributed by atoms with Gasteiger partial charge in [-0.15, -0.1) is 0 Å². The minimum atomic E-state index is -0.450. The van der Waals surface area contributed by atoms with Crippen molar-refractivity contribution in [2.45, 2.75) is 13.8 Å². The number of hydrogen-bond donors (Lipinski definition) is 1. The average Bonchev–Trinajstić information content (AvgIpc) is 2.57. The average molecular weight is 313 g/mol. The van der Waals surface area contributed by atoms with E-state index < -0.39 is 11.7 Å². The molecule has 0 aliphatic carbocycles. The molecule has 4 nitrogen and oxygen atoms in total. The zero-order valence-electron chi connectivity index (χ0n) is 13.3. The number of hydrazone groups is 1. The predicted octanol–water partition coefficient (Wildman–Crippen LogP) is 3.44. The summed E-state index contributed by atoms with van der Waals surface area (Å²) in [6.07, 6.45) is 1.56. The van der Waals surface area contributed by atoms with Crippen LogP contribution in [0.3, 0.4) is 0 Å². The van der Waals surface area contributed by atoms with Crippen molar-refractivity contribution in [1.82, 2.24) is 5.43 Å². The van der Waals surface area contributed by atoms with Crippen LogP contribution < -0.4 is 10.3 Å². The lowest BCUT2D eigenvalue weighted by molar-refractivity contribution is 0.0954. The van der Waals surface area contributed by atoms with Gasteiger partial charge >= 0.3 is 0 Å². The smallest absolute Gasteiger partial charge is 0.271 e. The van der Waals surface area contributed by atoms with E-state index in [0.717, 1.165) is 24.3 Å². The Kier molecular flexibility index (Phi) is 5.86. The van der Waals surface area contributed by atoms with Gasteiger partial charge in [-0.1, -0.05) is 18.2 Å². The molecule has 1 amide bonds. The van der Waals surface area contributed by atoms with Gasteiger partial charge in [0.2, 0.25) is 0 Å². The van der Waals surface area contributed by atoms with Gasteiger partial charge in [0.1, 0.15) is 5.82 Å². The van der Waals surface area contributed by atoms with Gasteiger partial charge < -0.3 is 4.90 Å². The number of nitrogens with one attached hydrogen (secondary N) is 1. The van der Waals surface area contributed by atoms with Crippen LogP contribution in [0.15, 0.2) is 53.6 Å². The summed E-state index contributed by atoms with van der Waals surface area (Å²) < 4.78 is 13.1. The third-order valence-corrected chi connectivity index (χ3v) is 3.49. The highest BCUT2D eigenvalue weighted by molar-refractivity contribution is 5.94. The van der Waals surface area contributed by atoms with Crippen molar-refractivity contribution in [1.29, 1.82) is 0 Å². The summed E-state index contributed by atoms with van der Waals surface area (Å²) in [7, 11) is 0. The summed E-state index contributed by atoms with van der Waals surface area (Å²) in [4.78, 5) is 14.1. The van der Waals surface area contributed by atoms with Crippen molar-refractivity contribution in [3.05, 3.63) is 65.5 Å². The van der Waals surface area contributed by atoms with Crippen LogP contribution >= 0.6 is 0 Å². The number of amides is 1. The van der Waals surface area contributed by atoms with E-state index in [9.17, 15) is 9.18 Å². The first kappa shape index (κ1) is 16.7. The van der Waals surface area contributed by atoms with E-state index in [1.54, 1.807) is 6.21 Å². The van der Waals surface area contributed by atoms with Crippen molar-refractivity contribution in [3.8, 4) is 0 Å². The van der Waals surface area contributed by atoms with Crippen LogP contribution in [0.2, 0.25) is 0 Å². The highest BCUT2D eigenvalue weighted by atomic mass is 19.1. The topological polar surface area (TPSA) is 44.7 Å². The Morgan fingerprint density at radius 1 is 1.17 bits per heavy atom. The monoisotopic (exact) mass is 313 g/mol. The molecule has 0 saturated carbocycles. The van der Waals surface area contributed by atoms with E-state index in [1.807, 2.05) is 24.3 Å². The molecule has 0 aromatic heterocycles. The second kappa shape index (κ2) is 8.08. The fourth-order valence-corrected chi connectivity index (χ4v) is 2.22. The number of rotatable bonds is 6.